The second-order valence-corrected chi connectivity index (χ2v) is 5.59. The molecule has 1 saturated heterocycles. The van der Waals surface area contributed by atoms with E-state index in [0.29, 0.717) is 6.42 Å². The first-order valence-electron chi connectivity index (χ1n) is 6.95. The maximum atomic E-state index is 10.0. The first-order valence-corrected chi connectivity index (χ1v) is 6.95. The molecule has 0 amide bonds. The normalized spacial score (nSPS) is 30.4. The van der Waals surface area contributed by atoms with Gasteiger partial charge in [-0.2, -0.15) is 5.26 Å². The quantitative estimate of drug-likeness (QED) is 0.539. The zero-order chi connectivity index (χ0) is 15.2. The van der Waals surface area contributed by atoms with Crippen molar-refractivity contribution < 1.29 is 24.1 Å². The molecule has 0 spiro atoms. The highest BCUT2D eigenvalue weighted by atomic mass is 16.7. The summed E-state index contributed by atoms with van der Waals surface area (Å²) < 4.78 is 21.7. The smallest absolute Gasteiger partial charge is 0.150 e. The van der Waals surface area contributed by atoms with E-state index in [1.807, 2.05) is 27.7 Å². The molecule has 1 aliphatic rings. The molecule has 6 heteroatoms. The molecule has 1 rings (SSSR count). The summed E-state index contributed by atoms with van der Waals surface area (Å²) in [7, 11) is 0. The van der Waals surface area contributed by atoms with E-state index < -0.39 is 11.7 Å². The van der Waals surface area contributed by atoms with Crippen LogP contribution in [0.5, 0.6) is 0 Å². The van der Waals surface area contributed by atoms with Gasteiger partial charge >= 0.3 is 0 Å². The zero-order valence-corrected chi connectivity index (χ0v) is 12.7. The molecule has 20 heavy (non-hydrogen) atoms. The molecule has 116 valence electrons. The summed E-state index contributed by atoms with van der Waals surface area (Å²) in [5.41, 5.74) is -0.536. The lowest BCUT2D eigenvalue weighted by Gasteiger charge is -2.23. The van der Waals surface area contributed by atoms with E-state index in [1.165, 1.54) is 0 Å². The van der Waals surface area contributed by atoms with E-state index in [0.717, 1.165) is 6.42 Å². The monoisotopic (exact) mass is 287 g/mol. The molecule has 0 bridgehead atoms. The van der Waals surface area contributed by atoms with Crippen molar-refractivity contribution in [1.82, 2.24) is 0 Å². The second kappa shape index (κ2) is 7.91. The molecule has 3 unspecified atom stereocenters. The molecular formula is C14H25NO5. The Balaban J connectivity index is 2.20. The van der Waals surface area contributed by atoms with Crippen LogP contribution in [0.3, 0.4) is 0 Å². The highest BCUT2D eigenvalue weighted by Crippen LogP contribution is 2.25. The van der Waals surface area contributed by atoms with Gasteiger partial charge < -0.3 is 24.1 Å². The lowest BCUT2D eigenvalue weighted by atomic mass is 10.1. The number of nitrogens with zero attached hydrogens (tertiary/aromatic N) is 1. The molecule has 1 fully saturated rings. The predicted octanol–water partition coefficient (Wildman–Crippen LogP) is 1.57. The van der Waals surface area contributed by atoms with Crippen LogP contribution >= 0.6 is 0 Å². The molecule has 6 nitrogen and oxygen atoms in total. The SMILES string of the molecule is CCC1OC(C)C(OCOCOC(C)(C)CC#N)[C@H]1O. The first-order chi connectivity index (χ1) is 9.41. The average Bonchev–Trinajstić information content (AvgIpc) is 2.65. The van der Waals surface area contributed by atoms with Crippen LogP contribution in [-0.4, -0.2) is 48.7 Å². The van der Waals surface area contributed by atoms with E-state index in [1.54, 1.807) is 0 Å². The Morgan fingerprint density at radius 3 is 2.60 bits per heavy atom. The van der Waals surface area contributed by atoms with Crippen molar-refractivity contribution >= 4 is 0 Å². The summed E-state index contributed by atoms with van der Waals surface area (Å²) in [4.78, 5) is 0. The summed E-state index contributed by atoms with van der Waals surface area (Å²) in [6, 6.07) is 2.06. The minimum absolute atomic E-state index is 0.0223. The van der Waals surface area contributed by atoms with Gasteiger partial charge in [-0.15, -0.1) is 0 Å². The number of aliphatic hydroxyl groups excluding tert-OH is 1. The van der Waals surface area contributed by atoms with Crippen LogP contribution < -0.4 is 0 Å². The van der Waals surface area contributed by atoms with Crippen molar-refractivity contribution in [1.29, 1.82) is 5.26 Å². The highest BCUT2D eigenvalue weighted by molar-refractivity contribution is 4.88. The third-order valence-corrected chi connectivity index (χ3v) is 3.35. The molecule has 0 aromatic rings. The molecule has 1 N–H and O–H groups in total. The van der Waals surface area contributed by atoms with Crippen molar-refractivity contribution in [3.63, 3.8) is 0 Å². The van der Waals surface area contributed by atoms with Crippen LogP contribution in [0.4, 0.5) is 0 Å². The fourth-order valence-corrected chi connectivity index (χ4v) is 2.10. The molecule has 0 aromatic heterocycles. The summed E-state index contributed by atoms with van der Waals surface area (Å²) in [5, 5.41) is 18.6. The van der Waals surface area contributed by atoms with Crippen molar-refractivity contribution in [2.45, 2.75) is 70.6 Å². The van der Waals surface area contributed by atoms with Gasteiger partial charge in [-0.25, -0.2) is 0 Å². The van der Waals surface area contributed by atoms with Gasteiger partial charge in [0, 0.05) is 0 Å². The fourth-order valence-electron chi connectivity index (χ4n) is 2.10. The number of nitriles is 1. The zero-order valence-electron chi connectivity index (χ0n) is 12.7. The van der Waals surface area contributed by atoms with Gasteiger partial charge in [0.15, 0.2) is 0 Å². The summed E-state index contributed by atoms with van der Waals surface area (Å²) in [5.74, 6) is 0. The van der Waals surface area contributed by atoms with Crippen LogP contribution in [0, 0.1) is 11.3 Å². The first kappa shape index (κ1) is 17.3. The van der Waals surface area contributed by atoms with E-state index in [-0.39, 0.29) is 31.9 Å². The number of hydrogen-bond donors (Lipinski definition) is 1. The van der Waals surface area contributed by atoms with Crippen LogP contribution in [0.2, 0.25) is 0 Å². The number of hydrogen-bond acceptors (Lipinski definition) is 6. The summed E-state index contributed by atoms with van der Waals surface area (Å²) in [6.07, 6.45) is -0.309. The van der Waals surface area contributed by atoms with Gasteiger partial charge in [0.2, 0.25) is 0 Å². The van der Waals surface area contributed by atoms with Crippen molar-refractivity contribution in [2.75, 3.05) is 13.6 Å². The Kier molecular flexibility index (Phi) is 6.86. The maximum absolute atomic E-state index is 10.0. The van der Waals surface area contributed by atoms with Crippen molar-refractivity contribution in [2.24, 2.45) is 0 Å². The molecule has 4 atom stereocenters. The minimum Gasteiger partial charge on any atom is -0.388 e. The van der Waals surface area contributed by atoms with Crippen LogP contribution in [0.25, 0.3) is 0 Å². The Labute approximate surface area is 120 Å². The van der Waals surface area contributed by atoms with Crippen molar-refractivity contribution in [3.05, 3.63) is 0 Å². The van der Waals surface area contributed by atoms with Crippen LogP contribution in [-0.2, 0) is 18.9 Å². The Morgan fingerprint density at radius 1 is 1.35 bits per heavy atom. The summed E-state index contributed by atoms with van der Waals surface area (Å²) in [6.45, 7) is 7.55. The van der Waals surface area contributed by atoms with E-state index in [4.69, 9.17) is 24.2 Å². The number of aliphatic hydroxyl groups is 1. The van der Waals surface area contributed by atoms with Gasteiger partial charge in [0.05, 0.1) is 30.3 Å². The second-order valence-electron chi connectivity index (χ2n) is 5.59. The minimum atomic E-state index is -0.630. The van der Waals surface area contributed by atoms with Crippen LogP contribution in [0.1, 0.15) is 40.5 Å². The lowest BCUT2D eigenvalue weighted by molar-refractivity contribution is -0.192. The van der Waals surface area contributed by atoms with Gasteiger partial charge in [-0.05, 0) is 27.2 Å². The topological polar surface area (TPSA) is 80.9 Å². The van der Waals surface area contributed by atoms with E-state index >= 15 is 0 Å². The van der Waals surface area contributed by atoms with Crippen LogP contribution in [0.15, 0.2) is 0 Å². The van der Waals surface area contributed by atoms with Gasteiger partial charge in [-0.1, -0.05) is 6.92 Å². The average molecular weight is 287 g/mol. The molecule has 0 aromatic carbocycles. The Morgan fingerprint density at radius 2 is 2.05 bits per heavy atom. The van der Waals surface area contributed by atoms with Gasteiger partial charge in [-0.3, -0.25) is 0 Å². The summed E-state index contributed by atoms with van der Waals surface area (Å²) >= 11 is 0. The molecule has 1 heterocycles. The highest BCUT2D eigenvalue weighted by Gasteiger charge is 2.41. The lowest BCUT2D eigenvalue weighted by Crippen LogP contribution is -2.35. The third kappa shape index (κ3) is 5.00. The molecule has 0 radical (unpaired) electrons. The van der Waals surface area contributed by atoms with E-state index in [9.17, 15) is 5.11 Å². The largest absolute Gasteiger partial charge is 0.388 e. The maximum Gasteiger partial charge on any atom is 0.150 e. The third-order valence-electron chi connectivity index (χ3n) is 3.35. The Hall–Kier alpha value is -0.710. The number of ether oxygens (including phenoxy) is 4. The van der Waals surface area contributed by atoms with Crippen molar-refractivity contribution in [3.8, 4) is 6.07 Å². The van der Waals surface area contributed by atoms with E-state index in [2.05, 4.69) is 6.07 Å². The fraction of sp³-hybridized carbons (Fsp3) is 0.929. The Bertz CT molecular complexity index is 328. The molecular weight excluding hydrogens is 262 g/mol. The molecule has 0 aliphatic carbocycles. The molecule has 0 saturated carbocycles. The number of rotatable bonds is 8. The molecule has 1 aliphatic heterocycles. The predicted molar refractivity (Wildman–Crippen MR) is 71.7 cm³/mol. The standard InChI is InChI=1S/C14H25NO5/c1-5-11-12(16)13(10(2)20-11)18-8-17-9-19-14(3,4)6-7-15/h10-13,16H,5-6,8-9H2,1-4H3/t10?,11?,12-,13?/m0/s1. The van der Waals surface area contributed by atoms with Gasteiger partial charge in [0.25, 0.3) is 0 Å². The van der Waals surface area contributed by atoms with Gasteiger partial charge in [0.1, 0.15) is 25.8 Å².